The van der Waals surface area contributed by atoms with Crippen LogP contribution in [0.4, 0.5) is 0 Å². The van der Waals surface area contributed by atoms with Crippen LogP contribution in [0.3, 0.4) is 0 Å². The van der Waals surface area contributed by atoms with Gasteiger partial charge in [0.05, 0.1) is 27.8 Å². The van der Waals surface area contributed by atoms with Gasteiger partial charge in [0.2, 0.25) is 0 Å². The molecular weight excluding hydrogens is 773 g/mol. The Balaban J connectivity index is 0.900. The second kappa shape index (κ2) is 13.5. The smallest absolute Gasteiger partial charge is 0.0619 e. The minimum Gasteiger partial charge on any atom is -0.309 e. The van der Waals surface area contributed by atoms with Crippen LogP contribution in [0.1, 0.15) is 0 Å². The van der Waals surface area contributed by atoms with E-state index in [2.05, 4.69) is 240 Å². The molecule has 11 aromatic carbocycles. The summed E-state index contributed by atoms with van der Waals surface area (Å²) in [6.45, 7) is 0. The van der Waals surface area contributed by atoms with Crippen molar-refractivity contribution < 1.29 is 0 Å². The maximum absolute atomic E-state index is 2.47. The molecule has 2 aromatic heterocycles. The van der Waals surface area contributed by atoms with E-state index in [-0.39, 0.29) is 0 Å². The summed E-state index contributed by atoms with van der Waals surface area (Å²) in [5.41, 5.74) is 19.6. The molecule has 0 amide bonds. The zero-order chi connectivity index (χ0) is 41.9. The highest BCUT2D eigenvalue weighted by Crippen LogP contribution is 2.48. The number of hydrogen-bond acceptors (Lipinski definition) is 0. The van der Waals surface area contributed by atoms with Crippen molar-refractivity contribution in [2.24, 2.45) is 0 Å². The third-order valence-electron chi connectivity index (χ3n) is 13.9. The number of para-hydroxylation sites is 3. The number of benzene rings is 11. The number of nitrogens with zero attached hydrogens (tertiary/aromatic N) is 2. The highest BCUT2D eigenvalue weighted by atomic mass is 15.0. The lowest BCUT2D eigenvalue weighted by Crippen LogP contribution is -1.97. The zero-order valence-corrected chi connectivity index (χ0v) is 34.8. The SMILES string of the molecule is c1ccc(-n2c3cc(-c4ccc5c6ccccc6n(-c6ccccc6-c6ccc(-c7ccc8c(c7)-c7cccc9cccc-8c79)cc6)c5c4)ccc3c3ccc4ccccc4c32)cc1. The highest BCUT2D eigenvalue weighted by Gasteiger charge is 2.22. The van der Waals surface area contributed by atoms with Crippen LogP contribution in [-0.4, -0.2) is 9.13 Å². The van der Waals surface area contributed by atoms with Gasteiger partial charge in [-0.3, -0.25) is 0 Å². The van der Waals surface area contributed by atoms with E-state index < -0.39 is 0 Å². The van der Waals surface area contributed by atoms with E-state index >= 15 is 0 Å². The molecule has 0 saturated carbocycles. The quantitative estimate of drug-likeness (QED) is 0.164. The predicted octanol–water partition coefficient (Wildman–Crippen LogP) is 16.8. The van der Waals surface area contributed by atoms with E-state index in [0.29, 0.717) is 0 Å². The summed E-state index contributed by atoms with van der Waals surface area (Å²) in [6.07, 6.45) is 0. The first-order valence-electron chi connectivity index (χ1n) is 22.2. The Morgan fingerprint density at radius 1 is 0.250 bits per heavy atom. The molecule has 64 heavy (non-hydrogen) atoms. The summed E-state index contributed by atoms with van der Waals surface area (Å²) in [4.78, 5) is 0. The summed E-state index contributed by atoms with van der Waals surface area (Å²) >= 11 is 0. The summed E-state index contributed by atoms with van der Waals surface area (Å²) in [7, 11) is 0. The molecule has 0 unspecified atom stereocenters. The molecule has 1 aliphatic rings. The van der Waals surface area contributed by atoms with Crippen molar-refractivity contribution in [3.8, 4) is 67.0 Å². The van der Waals surface area contributed by atoms with Crippen molar-refractivity contribution in [1.82, 2.24) is 9.13 Å². The van der Waals surface area contributed by atoms with E-state index in [9.17, 15) is 0 Å². The molecular formula is C62H38N2. The second-order valence-corrected chi connectivity index (χ2v) is 17.2. The largest absolute Gasteiger partial charge is 0.309 e. The molecule has 0 bridgehead atoms. The van der Waals surface area contributed by atoms with Gasteiger partial charge in [0.25, 0.3) is 0 Å². The van der Waals surface area contributed by atoms with Gasteiger partial charge in [0, 0.05) is 38.2 Å². The first-order valence-corrected chi connectivity index (χ1v) is 22.2. The van der Waals surface area contributed by atoms with Crippen LogP contribution in [0, 0.1) is 0 Å². The normalized spacial score (nSPS) is 12.1. The van der Waals surface area contributed by atoms with Crippen molar-refractivity contribution in [2.75, 3.05) is 0 Å². The van der Waals surface area contributed by atoms with E-state index in [1.54, 1.807) is 0 Å². The first kappa shape index (κ1) is 35.2. The topological polar surface area (TPSA) is 9.86 Å². The van der Waals surface area contributed by atoms with Crippen molar-refractivity contribution in [3.63, 3.8) is 0 Å². The summed E-state index contributed by atoms with van der Waals surface area (Å²) in [5.74, 6) is 0. The van der Waals surface area contributed by atoms with Crippen molar-refractivity contribution in [1.29, 1.82) is 0 Å². The molecule has 13 aromatic rings. The second-order valence-electron chi connectivity index (χ2n) is 17.2. The van der Waals surface area contributed by atoms with E-state index in [4.69, 9.17) is 0 Å². The third kappa shape index (κ3) is 5.08. The maximum Gasteiger partial charge on any atom is 0.0619 e. The molecule has 1 aliphatic carbocycles. The number of hydrogen-bond donors (Lipinski definition) is 0. The average molecular weight is 811 g/mol. The molecule has 2 nitrogen and oxygen atoms in total. The molecule has 0 fully saturated rings. The number of fused-ring (bicyclic) bond motifs is 11. The van der Waals surface area contributed by atoms with Crippen LogP contribution in [0.25, 0.3) is 132 Å². The summed E-state index contributed by atoms with van der Waals surface area (Å²) < 4.78 is 4.93. The number of aromatic nitrogens is 2. The van der Waals surface area contributed by atoms with Gasteiger partial charge in [-0.05, 0) is 109 Å². The van der Waals surface area contributed by atoms with Gasteiger partial charge >= 0.3 is 0 Å². The number of rotatable bonds is 5. The zero-order valence-electron chi connectivity index (χ0n) is 34.8. The van der Waals surface area contributed by atoms with Gasteiger partial charge in [-0.25, -0.2) is 0 Å². The van der Waals surface area contributed by atoms with Gasteiger partial charge in [0.15, 0.2) is 0 Å². The van der Waals surface area contributed by atoms with Gasteiger partial charge < -0.3 is 9.13 Å². The van der Waals surface area contributed by atoms with E-state index in [1.807, 2.05) is 0 Å². The summed E-state index contributed by atoms with van der Waals surface area (Å²) in [5, 5.41) is 10.2. The van der Waals surface area contributed by atoms with Gasteiger partial charge in [-0.2, -0.15) is 0 Å². The Kier molecular flexibility index (Phi) is 7.43. The minimum atomic E-state index is 1.16. The maximum atomic E-state index is 2.47. The van der Waals surface area contributed by atoms with Crippen molar-refractivity contribution >= 4 is 65.2 Å². The van der Waals surface area contributed by atoms with Crippen molar-refractivity contribution in [2.45, 2.75) is 0 Å². The van der Waals surface area contributed by atoms with Gasteiger partial charge in [0.1, 0.15) is 0 Å². The van der Waals surface area contributed by atoms with Crippen LogP contribution in [0.15, 0.2) is 231 Å². The third-order valence-corrected chi connectivity index (χ3v) is 13.9. The lowest BCUT2D eigenvalue weighted by atomic mass is 9.95. The predicted molar refractivity (Wildman–Crippen MR) is 271 cm³/mol. The Morgan fingerprint density at radius 3 is 1.61 bits per heavy atom. The van der Waals surface area contributed by atoms with E-state index in [1.165, 1.54) is 121 Å². The van der Waals surface area contributed by atoms with Crippen LogP contribution in [0.2, 0.25) is 0 Å². The van der Waals surface area contributed by atoms with Crippen LogP contribution in [0.5, 0.6) is 0 Å². The molecule has 0 spiro atoms. The standard InChI is InChI=1S/C62H38N2/c1-2-15-46(16-3-1)63-59-37-44(31-34-52(59)55-35-28-40-12-4-5-18-48(40)62(55)63)45-30-33-51-50-19-7-9-23-58(50)64(60(51)38-45)57-22-8-6-17-47(57)41-26-24-39(25-27-41)43-29-32-49-53-20-10-13-42-14-11-21-54(61(42)53)56(49)36-43/h1-38H. The highest BCUT2D eigenvalue weighted by molar-refractivity contribution is 6.20. The molecule has 0 radical (unpaired) electrons. The fraction of sp³-hybridized carbons (Fsp3) is 0. The lowest BCUT2D eigenvalue weighted by Gasteiger charge is -2.15. The monoisotopic (exact) mass is 810 g/mol. The van der Waals surface area contributed by atoms with E-state index in [0.717, 1.165) is 11.4 Å². The molecule has 296 valence electrons. The van der Waals surface area contributed by atoms with Crippen LogP contribution >= 0.6 is 0 Å². The fourth-order valence-electron chi connectivity index (χ4n) is 10.9. The fourth-order valence-corrected chi connectivity index (χ4v) is 10.9. The summed E-state index contributed by atoms with van der Waals surface area (Å²) in [6, 6.07) is 85.3. The molecule has 0 N–H and O–H groups in total. The van der Waals surface area contributed by atoms with Gasteiger partial charge in [-0.15, -0.1) is 0 Å². The molecule has 2 heterocycles. The Labute approximate surface area is 370 Å². The Morgan fingerprint density at radius 2 is 0.797 bits per heavy atom. The molecule has 14 rings (SSSR count). The van der Waals surface area contributed by atoms with Crippen molar-refractivity contribution in [3.05, 3.63) is 231 Å². The lowest BCUT2D eigenvalue weighted by molar-refractivity contribution is 1.18. The van der Waals surface area contributed by atoms with Crippen LogP contribution in [-0.2, 0) is 0 Å². The molecule has 0 atom stereocenters. The average Bonchev–Trinajstić information content (AvgIpc) is 4.00. The Hall–Kier alpha value is -8.46. The minimum absolute atomic E-state index is 1.16. The molecule has 0 saturated heterocycles. The molecule has 0 aliphatic heterocycles. The van der Waals surface area contributed by atoms with Gasteiger partial charge in [-0.1, -0.05) is 188 Å². The Bertz CT molecular complexity index is 4050. The van der Waals surface area contributed by atoms with Crippen LogP contribution < -0.4 is 0 Å². The first-order chi connectivity index (χ1) is 31.7. The molecule has 2 heteroatoms.